The number of hydrogen-bond donors (Lipinski definition) is 1. The van der Waals surface area contributed by atoms with Gasteiger partial charge in [0.05, 0.1) is 17.9 Å². The molecule has 1 heterocycles. The van der Waals surface area contributed by atoms with Crippen molar-refractivity contribution in [2.45, 2.75) is 20.8 Å². The molecule has 0 saturated heterocycles. The fourth-order valence-corrected chi connectivity index (χ4v) is 3.79. The molecule has 0 atom stereocenters. The highest BCUT2D eigenvalue weighted by atomic mass is 19.1. The lowest BCUT2D eigenvalue weighted by Crippen LogP contribution is -2.33. The lowest BCUT2D eigenvalue weighted by molar-refractivity contribution is -0.120. The van der Waals surface area contributed by atoms with Gasteiger partial charge in [0.2, 0.25) is 0 Å². The lowest BCUT2D eigenvalue weighted by Gasteiger charge is -2.16. The molecule has 162 valence electrons. The first-order chi connectivity index (χ1) is 15.4. The van der Waals surface area contributed by atoms with Crippen LogP contribution in [0.15, 0.2) is 72.4 Å². The summed E-state index contributed by atoms with van der Waals surface area (Å²) in [6.07, 6.45) is 0. The molecular formula is C26H23FN2O3. The van der Waals surface area contributed by atoms with Crippen LogP contribution in [0.3, 0.4) is 0 Å². The minimum Gasteiger partial charge on any atom is -0.494 e. The van der Waals surface area contributed by atoms with Crippen LogP contribution in [-0.4, -0.2) is 18.4 Å². The van der Waals surface area contributed by atoms with Crippen molar-refractivity contribution in [2.24, 2.45) is 0 Å². The van der Waals surface area contributed by atoms with Crippen LogP contribution in [0.1, 0.15) is 23.6 Å². The van der Waals surface area contributed by atoms with Crippen molar-refractivity contribution in [1.82, 2.24) is 0 Å². The second-order valence-corrected chi connectivity index (χ2v) is 7.55. The zero-order valence-corrected chi connectivity index (χ0v) is 18.1. The Balaban J connectivity index is 1.82. The van der Waals surface area contributed by atoms with Gasteiger partial charge >= 0.3 is 0 Å². The van der Waals surface area contributed by atoms with E-state index >= 15 is 0 Å². The third kappa shape index (κ3) is 3.87. The van der Waals surface area contributed by atoms with Crippen LogP contribution in [0, 0.1) is 19.7 Å². The molecule has 6 heteroatoms. The van der Waals surface area contributed by atoms with Crippen molar-refractivity contribution in [3.8, 4) is 5.75 Å². The van der Waals surface area contributed by atoms with Gasteiger partial charge in [0.25, 0.3) is 11.8 Å². The molecule has 3 aromatic carbocycles. The van der Waals surface area contributed by atoms with E-state index in [1.807, 2.05) is 39.0 Å². The molecule has 0 radical (unpaired) electrons. The Hall–Kier alpha value is -3.93. The molecule has 3 aromatic rings. The molecule has 5 nitrogen and oxygen atoms in total. The number of nitrogens with one attached hydrogen (secondary N) is 1. The zero-order chi connectivity index (χ0) is 22.8. The number of carbonyl (C=O) groups is 2. The van der Waals surface area contributed by atoms with E-state index in [9.17, 15) is 14.0 Å². The molecule has 4 rings (SSSR count). The molecule has 2 amide bonds. The molecule has 32 heavy (non-hydrogen) atoms. The van der Waals surface area contributed by atoms with E-state index in [0.29, 0.717) is 23.6 Å². The minimum atomic E-state index is -0.642. The maximum absolute atomic E-state index is 14.5. The Kier molecular flexibility index (Phi) is 5.77. The Bertz CT molecular complexity index is 1230. The van der Waals surface area contributed by atoms with Gasteiger partial charge < -0.3 is 10.1 Å². The van der Waals surface area contributed by atoms with Gasteiger partial charge in [-0.15, -0.1) is 0 Å². The number of para-hydroxylation sites is 1. The number of rotatable bonds is 6. The fourth-order valence-electron chi connectivity index (χ4n) is 3.79. The predicted molar refractivity (Wildman–Crippen MR) is 123 cm³/mol. The fraction of sp³-hybridized carbons (Fsp3) is 0.154. The van der Waals surface area contributed by atoms with Gasteiger partial charge in [-0.1, -0.05) is 35.9 Å². The lowest BCUT2D eigenvalue weighted by atomic mass is 9.97. The first-order valence-corrected chi connectivity index (χ1v) is 10.4. The predicted octanol–water partition coefficient (Wildman–Crippen LogP) is 5.24. The van der Waals surface area contributed by atoms with Crippen molar-refractivity contribution >= 4 is 28.8 Å². The standard InChI is InChI=1S/C26H23FN2O3/c1-4-32-19-12-10-18(11-13-19)28-24-23(20-14-9-16(2)15-17(20)3)25(30)29(26(24)31)22-8-6-5-7-21(22)27/h5-15,28H,4H2,1-3H3. The molecule has 1 N–H and O–H groups in total. The monoisotopic (exact) mass is 430 g/mol. The summed E-state index contributed by atoms with van der Waals surface area (Å²) in [5.74, 6) is -1.12. The first-order valence-electron chi connectivity index (χ1n) is 10.4. The van der Waals surface area contributed by atoms with Crippen molar-refractivity contribution in [3.05, 3.63) is 94.9 Å². The summed E-state index contributed by atoms with van der Waals surface area (Å²) in [6, 6.07) is 18.5. The maximum atomic E-state index is 14.5. The highest BCUT2D eigenvalue weighted by Gasteiger charge is 2.41. The zero-order valence-electron chi connectivity index (χ0n) is 18.1. The number of hydrogen-bond acceptors (Lipinski definition) is 4. The van der Waals surface area contributed by atoms with Crippen molar-refractivity contribution < 1.29 is 18.7 Å². The largest absolute Gasteiger partial charge is 0.494 e. The summed E-state index contributed by atoms with van der Waals surface area (Å²) in [5, 5.41) is 3.09. The second kappa shape index (κ2) is 8.67. The van der Waals surface area contributed by atoms with E-state index in [4.69, 9.17) is 4.74 Å². The molecular weight excluding hydrogens is 407 g/mol. The Morgan fingerprint density at radius 3 is 2.31 bits per heavy atom. The molecule has 0 fully saturated rings. The van der Waals surface area contributed by atoms with Crippen LogP contribution in [-0.2, 0) is 9.59 Å². The molecule has 0 spiro atoms. The SMILES string of the molecule is CCOc1ccc(NC2=C(c3ccc(C)cc3C)C(=O)N(c3ccccc3F)C2=O)cc1. The molecule has 0 saturated carbocycles. The van der Waals surface area contributed by atoms with Gasteiger partial charge in [0.1, 0.15) is 17.3 Å². The summed E-state index contributed by atoms with van der Waals surface area (Å²) >= 11 is 0. The van der Waals surface area contributed by atoms with E-state index in [2.05, 4.69) is 5.32 Å². The summed E-state index contributed by atoms with van der Waals surface area (Å²) in [7, 11) is 0. The van der Waals surface area contributed by atoms with Crippen molar-refractivity contribution in [2.75, 3.05) is 16.8 Å². The normalized spacial score (nSPS) is 13.7. The highest BCUT2D eigenvalue weighted by molar-refractivity contribution is 6.46. The van der Waals surface area contributed by atoms with E-state index in [1.54, 1.807) is 30.3 Å². The van der Waals surface area contributed by atoms with Gasteiger partial charge in [0, 0.05) is 5.69 Å². The second-order valence-electron chi connectivity index (χ2n) is 7.55. The van der Waals surface area contributed by atoms with Crippen LogP contribution in [0.4, 0.5) is 15.8 Å². The van der Waals surface area contributed by atoms with Crippen LogP contribution in [0.2, 0.25) is 0 Å². The third-order valence-electron chi connectivity index (χ3n) is 5.26. The number of nitrogens with zero attached hydrogens (tertiary/aromatic N) is 1. The number of carbonyl (C=O) groups excluding carboxylic acids is 2. The minimum absolute atomic E-state index is 0.0757. The number of anilines is 2. The van der Waals surface area contributed by atoms with Crippen LogP contribution in [0.25, 0.3) is 5.57 Å². The molecule has 1 aliphatic heterocycles. The molecule has 0 aliphatic carbocycles. The van der Waals surface area contributed by atoms with Crippen LogP contribution in [0.5, 0.6) is 5.75 Å². The van der Waals surface area contributed by atoms with E-state index in [-0.39, 0.29) is 17.0 Å². The maximum Gasteiger partial charge on any atom is 0.282 e. The number of benzene rings is 3. The average Bonchev–Trinajstić information content (AvgIpc) is 3.00. The number of ether oxygens (including phenoxy) is 1. The Morgan fingerprint density at radius 1 is 0.938 bits per heavy atom. The summed E-state index contributed by atoms with van der Waals surface area (Å²) in [4.78, 5) is 27.8. The number of halogens is 1. The van der Waals surface area contributed by atoms with Crippen molar-refractivity contribution in [1.29, 1.82) is 0 Å². The first kappa shape index (κ1) is 21.3. The quantitative estimate of drug-likeness (QED) is 0.544. The summed E-state index contributed by atoms with van der Waals surface area (Å²) < 4.78 is 20.0. The third-order valence-corrected chi connectivity index (χ3v) is 5.26. The number of imide groups is 1. The Labute approximate surface area is 186 Å². The van der Waals surface area contributed by atoms with Crippen LogP contribution >= 0.6 is 0 Å². The number of aryl methyl sites for hydroxylation is 2. The van der Waals surface area contributed by atoms with Gasteiger partial charge in [-0.05, 0) is 68.3 Å². The molecule has 0 aromatic heterocycles. The van der Waals surface area contributed by atoms with E-state index in [1.165, 1.54) is 18.2 Å². The molecule has 0 bridgehead atoms. The van der Waals surface area contributed by atoms with E-state index < -0.39 is 17.6 Å². The average molecular weight is 430 g/mol. The summed E-state index contributed by atoms with van der Waals surface area (Å²) in [5.41, 5.74) is 3.37. The highest BCUT2D eigenvalue weighted by Crippen LogP contribution is 2.36. The van der Waals surface area contributed by atoms with Gasteiger partial charge in [-0.25, -0.2) is 9.29 Å². The molecule has 1 aliphatic rings. The van der Waals surface area contributed by atoms with Crippen molar-refractivity contribution in [3.63, 3.8) is 0 Å². The Morgan fingerprint density at radius 2 is 1.66 bits per heavy atom. The smallest absolute Gasteiger partial charge is 0.282 e. The van der Waals surface area contributed by atoms with Gasteiger partial charge in [0.15, 0.2) is 0 Å². The summed E-state index contributed by atoms with van der Waals surface area (Å²) in [6.45, 7) is 6.28. The number of amides is 2. The van der Waals surface area contributed by atoms with Gasteiger partial charge in [-0.2, -0.15) is 0 Å². The molecule has 0 unspecified atom stereocenters. The van der Waals surface area contributed by atoms with Gasteiger partial charge in [-0.3, -0.25) is 9.59 Å². The van der Waals surface area contributed by atoms with E-state index in [0.717, 1.165) is 16.0 Å². The van der Waals surface area contributed by atoms with Crippen LogP contribution < -0.4 is 15.0 Å². The topological polar surface area (TPSA) is 58.6 Å².